The molecule has 3 heterocycles. The summed E-state index contributed by atoms with van der Waals surface area (Å²) >= 11 is 0. The number of nitrogens with zero attached hydrogens (tertiary/aromatic N) is 4. The summed E-state index contributed by atoms with van der Waals surface area (Å²) in [4.78, 5) is 19.7. The Morgan fingerprint density at radius 1 is 1.10 bits per heavy atom. The number of carbonyl (C=O) groups excluding carboxylic acids is 1. The maximum absolute atomic E-state index is 12.8. The minimum atomic E-state index is 0.251. The van der Waals surface area contributed by atoms with Crippen molar-refractivity contribution in [2.75, 3.05) is 24.5 Å². The van der Waals surface area contributed by atoms with Gasteiger partial charge in [0.15, 0.2) is 0 Å². The van der Waals surface area contributed by atoms with Crippen molar-refractivity contribution in [3.8, 4) is 0 Å². The Labute approximate surface area is 173 Å². The summed E-state index contributed by atoms with van der Waals surface area (Å²) in [7, 11) is 0. The molecule has 2 saturated heterocycles. The van der Waals surface area contributed by atoms with Gasteiger partial charge in [0.25, 0.3) is 0 Å². The van der Waals surface area contributed by atoms with Crippen LogP contribution in [0.1, 0.15) is 49.3 Å². The lowest BCUT2D eigenvalue weighted by Gasteiger charge is -2.26. The number of rotatable bonds is 7. The number of carbonyl (C=O) groups is 1. The first-order valence-electron chi connectivity index (χ1n) is 10.8. The zero-order valence-corrected chi connectivity index (χ0v) is 18.0. The zero-order valence-electron chi connectivity index (χ0n) is 18.0. The number of aromatic nitrogens is 1. The minimum absolute atomic E-state index is 0.251. The van der Waals surface area contributed by atoms with E-state index in [1.807, 2.05) is 13.8 Å². The molecule has 4 rings (SSSR count). The highest BCUT2D eigenvalue weighted by Crippen LogP contribution is 2.35. The van der Waals surface area contributed by atoms with Gasteiger partial charge in [0.1, 0.15) is 5.76 Å². The van der Waals surface area contributed by atoms with E-state index in [1.54, 1.807) is 0 Å². The first kappa shape index (κ1) is 20.0. The topological polar surface area (TPSA) is 52.8 Å². The Hall–Kier alpha value is -2.34. The molecule has 156 valence electrons. The van der Waals surface area contributed by atoms with E-state index in [9.17, 15) is 4.79 Å². The van der Waals surface area contributed by atoms with Crippen LogP contribution in [0.15, 0.2) is 28.8 Å². The Balaban J connectivity index is 1.43. The molecule has 2 fully saturated rings. The fourth-order valence-corrected chi connectivity index (χ4v) is 4.94. The molecule has 0 spiro atoms. The fraction of sp³-hybridized carbons (Fsp3) is 0.565. The third kappa shape index (κ3) is 3.78. The van der Waals surface area contributed by atoms with Gasteiger partial charge in [-0.25, -0.2) is 0 Å². The van der Waals surface area contributed by atoms with Crippen LogP contribution in [0.4, 0.5) is 5.69 Å². The smallest absolute Gasteiger partial charge is 0.224 e. The fourth-order valence-electron chi connectivity index (χ4n) is 4.94. The number of likely N-dealkylation sites (tertiary alicyclic amines) is 2. The average Bonchev–Trinajstić information content (AvgIpc) is 3.35. The summed E-state index contributed by atoms with van der Waals surface area (Å²) in [5.74, 6) is 1.07. The molecule has 6 nitrogen and oxygen atoms in total. The summed E-state index contributed by atoms with van der Waals surface area (Å²) in [5.41, 5.74) is 4.55. The Bertz CT molecular complexity index is 837. The van der Waals surface area contributed by atoms with Crippen LogP contribution in [0.25, 0.3) is 0 Å². The van der Waals surface area contributed by atoms with Gasteiger partial charge in [0.2, 0.25) is 5.91 Å². The van der Waals surface area contributed by atoms with E-state index in [-0.39, 0.29) is 5.91 Å². The van der Waals surface area contributed by atoms with E-state index in [1.165, 1.54) is 11.3 Å². The zero-order chi connectivity index (χ0) is 20.5. The molecule has 1 aromatic carbocycles. The van der Waals surface area contributed by atoms with Gasteiger partial charge in [-0.2, -0.15) is 0 Å². The van der Waals surface area contributed by atoms with Gasteiger partial charge in [0.05, 0.1) is 12.2 Å². The average molecular weight is 397 g/mol. The van der Waals surface area contributed by atoms with Crippen LogP contribution in [-0.4, -0.2) is 52.6 Å². The van der Waals surface area contributed by atoms with Crippen molar-refractivity contribution in [1.82, 2.24) is 15.0 Å². The molecule has 6 heteroatoms. The van der Waals surface area contributed by atoms with Crippen LogP contribution >= 0.6 is 0 Å². The lowest BCUT2D eigenvalue weighted by atomic mass is 10.1. The highest BCUT2D eigenvalue weighted by atomic mass is 16.5. The van der Waals surface area contributed by atoms with E-state index in [4.69, 9.17) is 4.52 Å². The van der Waals surface area contributed by atoms with Crippen molar-refractivity contribution in [3.63, 3.8) is 0 Å². The number of anilines is 1. The van der Waals surface area contributed by atoms with Gasteiger partial charge in [-0.05, 0) is 51.8 Å². The van der Waals surface area contributed by atoms with Gasteiger partial charge >= 0.3 is 0 Å². The molecule has 0 radical (unpaired) electrons. The van der Waals surface area contributed by atoms with E-state index < -0.39 is 0 Å². The van der Waals surface area contributed by atoms with E-state index in [0.29, 0.717) is 25.0 Å². The van der Waals surface area contributed by atoms with Crippen LogP contribution in [0.3, 0.4) is 0 Å². The number of aryl methyl sites for hydroxylation is 2. The molecule has 0 N–H and O–H groups in total. The quantitative estimate of drug-likeness (QED) is 0.717. The Morgan fingerprint density at radius 2 is 1.83 bits per heavy atom. The van der Waals surface area contributed by atoms with Crippen molar-refractivity contribution < 1.29 is 9.32 Å². The van der Waals surface area contributed by atoms with Gasteiger partial charge in [-0.3, -0.25) is 9.69 Å². The maximum atomic E-state index is 12.8. The molecule has 2 aliphatic heterocycles. The first-order valence-corrected chi connectivity index (χ1v) is 10.8. The van der Waals surface area contributed by atoms with Gasteiger partial charge in [-0.1, -0.05) is 17.3 Å². The van der Waals surface area contributed by atoms with E-state index in [0.717, 1.165) is 49.6 Å². The van der Waals surface area contributed by atoms with Crippen molar-refractivity contribution in [2.24, 2.45) is 0 Å². The van der Waals surface area contributed by atoms with Crippen molar-refractivity contribution in [2.45, 2.75) is 65.7 Å². The Morgan fingerprint density at radius 3 is 2.45 bits per heavy atom. The Kier molecular flexibility index (Phi) is 5.63. The number of hydrogen-bond acceptors (Lipinski definition) is 5. The second-order valence-electron chi connectivity index (χ2n) is 8.26. The van der Waals surface area contributed by atoms with Crippen molar-refractivity contribution in [1.29, 1.82) is 0 Å². The van der Waals surface area contributed by atoms with Crippen LogP contribution < -0.4 is 4.90 Å². The highest BCUT2D eigenvalue weighted by Gasteiger charge is 2.46. The standard InChI is InChI=1S/C23H32N4O2/c1-5-25(6-2)19-9-7-18(8-10-19)14-26-12-11-21-22(26)13-23(28)27(21)15-20-16(3)24-29-17(20)4/h7-10,21-22H,5-6,11-15H2,1-4H3/t21-,22-/m0/s1. The molecular weight excluding hydrogens is 364 g/mol. The molecule has 1 amide bonds. The normalized spacial score (nSPS) is 21.8. The van der Waals surface area contributed by atoms with Gasteiger partial charge in [0, 0.05) is 55.9 Å². The third-order valence-electron chi connectivity index (χ3n) is 6.69. The second kappa shape index (κ2) is 8.19. The lowest BCUT2D eigenvalue weighted by Crippen LogP contribution is -2.36. The molecule has 0 unspecified atom stereocenters. The van der Waals surface area contributed by atoms with Gasteiger partial charge < -0.3 is 14.3 Å². The van der Waals surface area contributed by atoms with Crippen molar-refractivity contribution in [3.05, 3.63) is 46.8 Å². The number of benzene rings is 1. The molecule has 2 aromatic rings. The summed E-state index contributed by atoms with van der Waals surface area (Å²) in [6, 6.07) is 9.52. The SMILES string of the molecule is CCN(CC)c1ccc(CN2CC[C@H]3[C@@H]2CC(=O)N3Cc2c(C)noc2C)cc1. The molecule has 0 aliphatic carbocycles. The molecule has 2 aliphatic rings. The molecule has 0 bridgehead atoms. The summed E-state index contributed by atoms with van der Waals surface area (Å²) < 4.78 is 5.29. The molecule has 0 saturated carbocycles. The molecule has 29 heavy (non-hydrogen) atoms. The third-order valence-corrected chi connectivity index (χ3v) is 6.69. The van der Waals surface area contributed by atoms with Crippen molar-refractivity contribution >= 4 is 11.6 Å². The van der Waals surface area contributed by atoms with Crippen LogP contribution in [0.2, 0.25) is 0 Å². The molecule has 1 aromatic heterocycles. The van der Waals surface area contributed by atoms with Crippen LogP contribution in [-0.2, 0) is 17.9 Å². The monoisotopic (exact) mass is 396 g/mol. The molecule has 2 atom stereocenters. The molecular formula is C23H32N4O2. The minimum Gasteiger partial charge on any atom is -0.372 e. The number of amides is 1. The predicted octanol–water partition coefficient (Wildman–Crippen LogP) is 3.51. The summed E-state index contributed by atoms with van der Waals surface area (Å²) in [6.07, 6.45) is 1.66. The largest absolute Gasteiger partial charge is 0.372 e. The highest BCUT2D eigenvalue weighted by molar-refractivity contribution is 5.80. The van der Waals surface area contributed by atoms with Gasteiger partial charge in [-0.15, -0.1) is 0 Å². The summed E-state index contributed by atoms with van der Waals surface area (Å²) in [5, 5.41) is 4.04. The van der Waals surface area contributed by atoms with Crippen LogP contribution in [0, 0.1) is 13.8 Å². The predicted molar refractivity (Wildman–Crippen MR) is 114 cm³/mol. The van der Waals surface area contributed by atoms with E-state index in [2.05, 4.69) is 58.0 Å². The van der Waals surface area contributed by atoms with E-state index >= 15 is 0 Å². The van der Waals surface area contributed by atoms with Crippen LogP contribution in [0.5, 0.6) is 0 Å². The maximum Gasteiger partial charge on any atom is 0.224 e. The lowest BCUT2D eigenvalue weighted by molar-refractivity contribution is -0.129. The summed E-state index contributed by atoms with van der Waals surface area (Å²) in [6.45, 7) is 12.9. The number of fused-ring (bicyclic) bond motifs is 1. The number of hydrogen-bond donors (Lipinski definition) is 0. The second-order valence-corrected chi connectivity index (χ2v) is 8.26. The first-order chi connectivity index (χ1) is 14.0.